The van der Waals surface area contributed by atoms with Crippen LogP contribution in [0.2, 0.25) is 0 Å². The van der Waals surface area contributed by atoms with Crippen LogP contribution in [0.25, 0.3) is 0 Å². The average molecular weight is 270 g/mol. The highest BCUT2D eigenvalue weighted by Gasteiger charge is 2.44. The molecule has 1 rings (SSSR count). The number of halogens is 3. The Hall–Kier alpha value is 0.0600. The summed E-state index contributed by atoms with van der Waals surface area (Å²) in [5.41, 5.74) is 0. The van der Waals surface area contributed by atoms with Gasteiger partial charge in [-0.25, -0.2) is 0 Å². The molecule has 1 saturated heterocycles. The lowest BCUT2D eigenvalue weighted by Gasteiger charge is -2.41. The molecule has 17 heavy (non-hydrogen) atoms. The predicted octanol–water partition coefficient (Wildman–Crippen LogP) is 2.21. The van der Waals surface area contributed by atoms with Gasteiger partial charge >= 0.3 is 6.18 Å². The van der Waals surface area contributed by atoms with E-state index in [1.54, 1.807) is 18.8 Å². The minimum atomic E-state index is -4.08. The highest BCUT2D eigenvalue weighted by molar-refractivity contribution is 7.98. The van der Waals surface area contributed by atoms with Crippen molar-refractivity contribution in [3.05, 3.63) is 0 Å². The zero-order valence-corrected chi connectivity index (χ0v) is 11.4. The van der Waals surface area contributed by atoms with Crippen LogP contribution in [-0.2, 0) is 0 Å². The summed E-state index contributed by atoms with van der Waals surface area (Å²) in [4.78, 5) is 1.96. The van der Waals surface area contributed by atoms with Crippen molar-refractivity contribution in [1.82, 2.24) is 10.2 Å². The van der Waals surface area contributed by atoms with E-state index in [0.717, 1.165) is 5.75 Å². The minimum absolute atomic E-state index is 0.0559. The van der Waals surface area contributed by atoms with Gasteiger partial charge in [0, 0.05) is 30.9 Å². The van der Waals surface area contributed by atoms with Crippen LogP contribution in [-0.4, -0.2) is 55.3 Å². The molecule has 0 amide bonds. The first-order valence-corrected chi connectivity index (χ1v) is 7.24. The van der Waals surface area contributed by atoms with Crippen molar-refractivity contribution in [2.24, 2.45) is 5.92 Å². The topological polar surface area (TPSA) is 15.3 Å². The molecule has 1 N–H and O–H groups in total. The van der Waals surface area contributed by atoms with E-state index in [9.17, 15) is 13.2 Å². The number of nitrogens with zero attached hydrogens (tertiary/aromatic N) is 1. The number of piperidine rings is 1. The summed E-state index contributed by atoms with van der Waals surface area (Å²) in [5.74, 6) is -0.320. The molecule has 0 bridgehead atoms. The first-order valence-electron chi connectivity index (χ1n) is 5.85. The van der Waals surface area contributed by atoms with E-state index >= 15 is 0 Å². The van der Waals surface area contributed by atoms with Gasteiger partial charge in [0.1, 0.15) is 0 Å². The van der Waals surface area contributed by atoms with Crippen molar-refractivity contribution < 1.29 is 13.2 Å². The fourth-order valence-corrected chi connectivity index (χ4v) is 2.98. The Morgan fingerprint density at radius 1 is 1.41 bits per heavy atom. The normalized spacial score (nSPS) is 29.3. The Labute approximate surface area is 105 Å². The number of likely N-dealkylation sites (N-methyl/N-ethyl adjacent to an activating group) is 1. The number of alkyl halides is 3. The molecular weight excluding hydrogens is 249 g/mol. The molecule has 6 heteroatoms. The van der Waals surface area contributed by atoms with E-state index < -0.39 is 12.1 Å². The van der Waals surface area contributed by atoms with E-state index in [1.165, 1.54) is 0 Å². The molecule has 3 atom stereocenters. The summed E-state index contributed by atoms with van der Waals surface area (Å²) in [6.07, 6.45) is -1.90. The van der Waals surface area contributed by atoms with Crippen LogP contribution in [0.3, 0.4) is 0 Å². The second kappa shape index (κ2) is 6.29. The molecule has 0 aliphatic carbocycles. The molecule has 1 heterocycles. The first kappa shape index (κ1) is 15.1. The van der Waals surface area contributed by atoms with Crippen LogP contribution in [0, 0.1) is 5.92 Å². The molecule has 0 aromatic carbocycles. The number of hydrogen-bond donors (Lipinski definition) is 1. The molecule has 0 spiro atoms. The van der Waals surface area contributed by atoms with Crippen LogP contribution < -0.4 is 5.32 Å². The van der Waals surface area contributed by atoms with Crippen LogP contribution in [0.4, 0.5) is 13.2 Å². The second-order valence-electron chi connectivity index (χ2n) is 4.72. The summed E-state index contributed by atoms with van der Waals surface area (Å²) < 4.78 is 38.4. The average Bonchev–Trinajstić information content (AvgIpc) is 2.27. The third kappa shape index (κ3) is 4.34. The van der Waals surface area contributed by atoms with Crippen LogP contribution in [0.1, 0.15) is 13.3 Å². The van der Waals surface area contributed by atoms with Gasteiger partial charge in [0.05, 0.1) is 5.92 Å². The van der Waals surface area contributed by atoms with Crippen LogP contribution in [0.15, 0.2) is 0 Å². The van der Waals surface area contributed by atoms with E-state index in [-0.39, 0.29) is 25.0 Å². The molecule has 0 aromatic heterocycles. The predicted molar refractivity (Wildman–Crippen MR) is 66.4 cm³/mol. The molecule has 1 aliphatic heterocycles. The largest absolute Gasteiger partial charge is 0.393 e. The Morgan fingerprint density at radius 2 is 2.06 bits per heavy atom. The van der Waals surface area contributed by atoms with Gasteiger partial charge in [0.2, 0.25) is 0 Å². The van der Waals surface area contributed by atoms with Gasteiger partial charge in [-0.3, -0.25) is 4.90 Å². The third-order valence-corrected chi connectivity index (χ3v) is 4.20. The van der Waals surface area contributed by atoms with Crippen LogP contribution in [0.5, 0.6) is 0 Å². The lowest BCUT2D eigenvalue weighted by molar-refractivity contribution is -0.190. The number of hydrogen-bond acceptors (Lipinski definition) is 3. The monoisotopic (exact) mass is 270 g/mol. The fourth-order valence-electron chi connectivity index (χ4n) is 2.29. The Bertz CT molecular complexity index is 235. The molecular formula is C11H21F3N2S. The summed E-state index contributed by atoms with van der Waals surface area (Å²) >= 11 is 1.68. The fraction of sp³-hybridized carbons (Fsp3) is 1.00. The molecule has 102 valence electrons. The highest BCUT2D eigenvalue weighted by atomic mass is 32.2. The summed E-state index contributed by atoms with van der Waals surface area (Å²) in [6.45, 7) is 2.86. The quantitative estimate of drug-likeness (QED) is 0.843. The smallest absolute Gasteiger partial charge is 0.316 e. The van der Waals surface area contributed by atoms with E-state index in [2.05, 4.69) is 5.32 Å². The van der Waals surface area contributed by atoms with Gasteiger partial charge in [-0.05, 0) is 26.6 Å². The Balaban J connectivity index is 2.66. The van der Waals surface area contributed by atoms with Crippen molar-refractivity contribution in [3.8, 4) is 0 Å². The molecule has 3 unspecified atom stereocenters. The number of nitrogens with one attached hydrogen (secondary N) is 1. The van der Waals surface area contributed by atoms with Crippen molar-refractivity contribution in [1.29, 1.82) is 0 Å². The maximum absolute atomic E-state index is 12.8. The highest BCUT2D eigenvalue weighted by Crippen LogP contribution is 2.34. The zero-order chi connectivity index (χ0) is 13.1. The van der Waals surface area contributed by atoms with Gasteiger partial charge in [-0.2, -0.15) is 24.9 Å². The number of likely N-dealkylation sites (tertiary alicyclic amines) is 1. The second-order valence-corrected chi connectivity index (χ2v) is 5.63. The standard InChI is InChI=1S/C11H21F3N2S/c1-8(7-17-3)16-5-9(11(12,13)14)4-10(6-16)15-2/h8-10,15H,4-7H2,1-3H3. The number of thioether (sulfide) groups is 1. The maximum atomic E-state index is 12.8. The number of rotatable bonds is 4. The molecule has 2 nitrogen and oxygen atoms in total. The van der Waals surface area contributed by atoms with Crippen LogP contribution >= 0.6 is 11.8 Å². The summed E-state index contributed by atoms with van der Waals surface area (Å²) in [5, 5.41) is 2.98. The maximum Gasteiger partial charge on any atom is 0.393 e. The van der Waals surface area contributed by atoms with Gasteiger partial charge in [0.25, 0.3) is 0 Å². The van der Waals surface area contributed by atoms with E-state index in [0.29, 0.717) is 6.54 Å². The lowest BCUT2D eigenvalue weighted by atomic mass is 9.93. The molecule has 0 aromatic rings. The molecule has 0 saturated carbocycles. The zero-order valence-electron chi connectivity index (χ0n) is 10.5. The summed E-state index contributed by atoms with van der Waals surface area (Å²) in [7, 11) is 1.74. The lowest BCUT2D eigenvalue weighted by Crippen LogP contribution is -2.54. The van der Waals surface area contributed by atoms with Crippen molar-refractivity contribution in [3.63, 3.8) is 0 Å². The molecule has 0 radical (unpaired) electrons. The first-order chi connectivity index (χ1) is 7.88. The third-order valence-electron chi connectivity index (χ3n) is 3.38. The van der Waals surface area contributed by atoms with Crippen molar-refractivity contribution in [2.45, 2.75) is 31.6 Å². The molecule has 1 fully saturated rings. The Kier molecular flexibility index (Phi) is 5.60. The molecule has 1 aliphatic rings. The minimum Gasteiger partial charge on any atom is -0.316 e. The van der Waals surface area contributed by atoms with Gasteiger partial charge in [0.15, 0.2) is 0 Å². The summed E-state index contributed by atoms with van der Waals surface area (Å²) in [6, 6.07) is 0.144. The van der Waals surface area contributed by atoms with Gasteiger partial charge in [-0.1, -0.05) is 0 Å². The van der Waals surface area contributed by atoms with Gasteiger partial charge in [-0.15, -0.1) is 0 Å². The Morgan fingerprint density at radius 3 is 2.53 bits per heavy atom. The van der Waals surface area contributed by atoms with Crippen molar-refractivity contribution >= 4 is 11.8 Å². The van der Waals surface area contributed by atoms with E-state index in [1.807, 2.05) is 18.1 Å². The van der Waals surface area contributed by atoms with E-state index in [4.69, 9.17) is 0 Å². The van der Waals surface area contributed by atoms with Gasteiger partial charge < -0.3 is 5.32 Å². The van der Waals surface area contributed by atoms with Crippen molar-refractivity contribution in [2.75, 3.05) is 32.1 Å². The SMILES string of the molecule is CNC1CC(C(F)(F)F)CN(C(C)CSC)C1.